The summed E-state index contributed by atoms with van der Waals surface area (Å²) in [4.78, 5) is 7.59. The van der Waals surface area contributed by atoms with Crippen LogP contribution in [0.4, 0.5) is 0 Å². The van der Waals surface area contributed by atoms with Crippen LogP contribution >= 0.6 is 0 Å². The van der Waals surface area contributed by atoms with Gasteiger partial charge >= 0.3 is 0 Å². The van der Waals surface area contributed by atoms with Crippen LogP contribution in [0.2, 0.25) is 0 Å². The first-order valence-corrected chi connectivity index (χ1v) is 10.5. The zero-order valence-corrected chi connectivity index (χ0v) is 17.1. The molecule has 2 heterocycles. The molecule has 3 nitrogen and oxygen atoms in total. The lowest BCUT2D eigenvalue weighted by Gasteiger charge is -2.40. The molecule has 2 aliphatic rings. The van der Waals surface area contributed by atoms with Crippen LogP contribution in [0.25, 0.3) is 0 Å². The first kappa shape index (κ1) is 20.8. The maximum Gasteiger partial charge on any atom is 0.0968 e. The predicted octanol–water partition coefficient (Wildman–Crippen LogP) is 4.67. The smallest absolute Gasteiger partial charge is 0.0968 e. The normalized spacial score (nSPS) is 23.5. The molecular formula is C23H39N3. The highest BCUT2D eigenvalue weighted by Gasteiger charge is 2.21. The fraction of sp³-hybridized carbons (Fsp3) is 0.652. The second kappa shape index (κ2) is 11.3. The molecule has 0 N–H and O–H groups in total. The quantitative estimate of drug-likeness (QED) is 0.585. The van der Waals surface area contributed by atoms with Gasteiger partial charge < -0.3 is 14.7 Å². The molecule has 0 aromatic rings. The summed E-state index contributed by atoms with van der Waals surface area (Å²) in [6.07, 6.45) is 14.9. The van der Waals surface area contributed by atoms with E-state index in [1.54, 1.807) is 0 Å². The minimum atomic E-state index is 0.908. The van der Waals surface area contributed by atoms with Crippen molar-refractivity contribution >= 4 is 0 Å². The van der Waals surface area contributed by atoms with Gasteiger partial charge in [0.05, 0.1) is 5.82 Å². The fourth-order valence-corrected chi connectivity index (χ4v) is 4.10. The van der Waals surface area contributed by atoms with Crippen molar-refractivity contribution in [3.05, 3.63) is 48.9 Å². The lowest BCUT2D eigenvalue weighted by Crippen LogP contribution is -2.43. The number of likely N-dealkylation sites (tertiary alicyclic amines) is 1. The number of nitrogens with zero attached hydrogens (tertiary/aromatic N) is 3. The number of allylic oxidation sites excluding steroid dienone is 3. The summed E-state index contributed by atoms with van der Waals surface area (Å²) in [7, 11) is 0. The number of hydrogen-bond acceptors (Lipinski definition) is 3. The van der Waals surface area contributed by atoms with Crippen molar-refractivity contribution in [1.29, 1.82) is 0 Å². The van der Waals surface area contributed by atoms with Gasteiger partial charge in [-0.2, -0.15) is 0 Å². The molecule has 0 bridgehead atoms. The van der Waals surface area contributed by atoms with E-state index < -0.39 is 0 Å². The first-order chi connectivity index (χ1) is 12.6. The topological polar surface area (TPSA) is 9.72 Å². The van der Waals surface area contributed by atoms with E-state index in [1.807, 2.05) is 6.08 Å². The van der Waals surface area contributed by atoms with Crippen LogP contribution < -0.4 is 0 Å². The Bertz CT molecular complexity index is 506. The van der Waals surface area contributed by atoms with Crippen LogP contribution in [0, 0.1) is 5.92 Å². The lowest BCUT2D eigenvalue weighted by molar-refractivity contribution is 0.160. The molecule has 0 saturated carbocycles. The van der Waals surface area contributed by atoms with E-state index in [4.69, 9.17) is 0 Å². The van der Waals surface area contributed by atoms with Crippen LogP contribution in [0.3, 0.4) is 0 Å². The van der Waals surface area contributed by atoms with Crippen molar-refractivity contribution in [3.63, 3.8) is 0 Å². The third kappa shape index (κ3) is 6.68. The van der Waals surface area contributed by atoms with Gasteiger partial charge in [-0.15, -0.1) is 0 Å². The predicted molar refractivity (Wildman–Crippen MR) is 114 cm³/mol. The van der Waals surface area contributed by atoms with Crippen molar-refractivity contribution < 1.29 is 0 Å². The van der Waals surface area contributed by atoms with E-state index in [-0.39, 0.29) is 0 Å². The molecule has 1 unspecified atom stereocenters. The Balaban J connectivity index is 1.79. The molecule has 146 valence electrons. The Labute approximate surface area is 161 Å². The maximum absolute atomic E-state index is 4.40. The molecular weight excluding hydrogens is 318 g/mol. The van der Waals surface area contributed by atoms with Crippen LogP contribution in [-0.4, -0.2) is 60.5 Å². The van der Waals surface area contributed by atoms with E-state index in [0.717, 1.165) is 32.1 Å². The molecule has 0 aromatic carbocycles. The van der Waals surface area contributed by atoms with Gasteiger partial charge in [-0.05, 0) is 70.2 Å². The second-order valence-electron chi connectivity index (χ2n) is 7.89. The summed E-state index contributed by atoms with van der Waals surface area (Å²) in [6.45, 7) is 20.8. The summed E-state index contributed by atoms with van der Waals surface area (Å²) in [6, 6.07) is 0. The second-order valence-corrected chi connectivity index (χ2v) is 7.89. The van der Waals surface area contributed by atoms with Crippen molar-refractivity contribution in [2.24, 2.45) is 5.92 Å². The Kier molecular flexibility index (Phi) is 9.04. The van der Waals surface area contributed by atoms with Gasteiger partial charge in [0.1, 0.15) is 0 Å². The number of hydrogen-bond donors (Lipinski definition) is 0. The molecule has 0 spiro atoms. The van der Waals surface area contributed by atoms with Crippen molar-refractivity contribution in [2.45, 2.75) is 46.0 Å². The van der Waals surface area contributed by atoms with Crippen LogP contribution in [0.1, 0.15) is 46.0 Å². The monoisotopic (exact) mass is 357 g/mol. The largest absolute Gasteiger partial charge is 0.359 e. The molecule has 2 aliphatic heterocycles. The molecule has 2 fully saturated rings. The van der Waals surface area contributed by atoms with E-state index in [0.29, 0.717) is 0 Å². The maximum atomic E-state index is 4.40. The highest BCUT2D eigenvalue weighted by atomic mass is 15.3. The molecule has 0 amide bonds. The standard InChI is InChI=1S/C23H39N3/c1-5-10-23(11-6-2)20-26-18-9-17-25(22(26)4)16-8-15-24-14-7-12-21(3)13-19-24/h5-6,10-11,21H,1,4,7-9,12-20H2,2-3H3/b11-6-,23-10+. The average molecular weight is 358 g/mol. The average Bonchev–Trinajstić information content (AvgIpc) is 2.83. The van der Waals surface area contributed by atoms with E-state index >= 15 is 0 Å². The first-order valence-electron chi connectivity index (χ1n) is 10.5. The minimum absolute atomic E-state index is 0.908. The molecule has 3 heteroatoms. The van der Waals surface area contributed by atoms with Gasteiger partial charge in [0.15, 0.2) is 0 Å². The molecule has 0 aliphatic carbocycles. The Morgan fingerprint density at radius 3 is 2.65 bits per heavy atom. The lowest BCUT2D eigenvalue weighted by atomic mass is 10.0. The van der Waals surface area contributed by atoms with Crippen molar-refractivity contribution in [1.82, 2.24) is 14.7 Å². The van der Waals surface area contributed by atoms with Gasteiger partial charge in [-0.1, -0.05) is 44.4 Å². The SMILES string of the molecule is C=C/C=C(\C=C/C)CN1CCCN(CCCN2CCCC(C)CC2)C1=C. The van der Waals surface area contributed by atoms with Gasteiger partial charge in [-0.25, -0.2) is 0 Å². The van der Waals surface area contributed by atoms with Gasteiger partial charge in [-0.3, -0.25) is 0 Å². The highest BCUT2D eigenvalue weighted by Crippen LogP contribution is 2.20. The molecule has 2 rings (SSSR count). The summed E-state index contributed by atoms with van der Waals surface area (Å²) in [5.41, 5.74) is 1.30. The third-order valence-corrected chi connectivity index (χ3v) is 5.68. The molecule has 0 aromatic heterocycles. The van der Waals surface area contributed by atoms with Gasteiger partial charge in [0.25, 0.3) is 0 Å². The van der Waals surface area contributed by atoms with Gasteiger partial charge in [0.2, 0.25) is 0 Å². The van der Waals surface area contributed by atoms with Crippen LogP contribution in [-0.2, 0) is 0 Å². The van der Waals surface area contributed by atoms with Crippen LogP contribution in [0.15, 0.2) is 48.9 Å². The van der Waals surface area contributed by atoms with E-state index in [2.05, 4.69) is 59.9 Å². The summed E-state index contributed by atoms with van der Waals surface area (Å²) < 4.78 is 0. The molecule has 1 atom stereocenters. The molecule has 26 heavy (non-hydrogen) atoms. The Hall–Kier alpha value is -1.48. The fourth-order valence-electron chi connectivity index (χ4n) is 4.10. The number of rotatable bonds is 8. The summed E-state index contributed by atoms with van der Waals surface area (Å²) in [5.74, 6) is 2.10. The molecule has 0 radical (unpaired) electrons. The van der Waals surface area contributed by atoms with Crippen molar-refractivity contribution in [3.8, 4) is 0 Å². The van der Waals surface area contributed by atoms with Crippen LogP contribution in [0.5, 0.6) is 0 Å². The van der Waals surface area contributed by atoms with Crippen molar-refractivity contribution in [2.75, 3.05) is 45.8 Å². The van der Waals surface area contributed by atoms with E-state index in [9.17, 15) is 0 Å². The zero-order valence-electron chi connectivity index (χ0n) is 17.1. The Morgan fingerprint density at radius 1 is 1.08 bits per heavy atom. The van der Waals surface area contributed by atoms with E-state index in [1.165, 1.54) is 63.1 Å². The highest BCUT2D eigenvalue weighted by molar-refractivity contribution is 5.25. The molecule has 2 saturated heterocycles. The summed E-state index contributed by atoms with van der Waals surface area (Å²) >= 11 is 0. The minimum Gasteiger partial charge on any atom is -0.359 e. The zero-order chi connectivity index (χ0) is 18.8. The third-order valence-electron chi connectivity index (χ3n) is 5.68. The summed E-state index contributed by atoms with van der Waals surface area (Å²) in [5, 5.41) is 0. The van der Waals surface area contributed by atoms with Gasteiger partial charge in [0, 0.05) is 26.2 Å². The Morgan fingerprint density at radius 2 is 1.88 bits per heavy atom.